The van der Waals surface area contributed by atoms with Gasteiger partial charge in [-0.2, -0.15) is 0 Å². The van der Waals surface area contributed by atoms with Crippen LogP contribution in [-0.4, -0.2) is 43.2 Å². The summed E-state index contributed by atoms with van der Waals surface area (Å²) in [4.78, 5) is 28.1. The predicted octanol–water partition coefficient (Wildman–Crippen LogP) is 3.94. The van der Waals surface area contributed by atoms with Crippen LogP contribution in [0.2, 0.25) is 0 Å². The fourth-order valence-electron chi connectivity index (χ4n) is 3.80. The average molecular weight is 455 g/mol. The number of rotatable bonds is 11. The van der Waals surface area contributed by atoms with Crippen molar-refractivity contribution in [3.63, 3.8) is 0 Å². The molecular weight excluding hydrogens is 420 g/mol. The van der Waals surface area contributed by atoms with Gasteiger partial charge in [0.05, 0.1) is 7.11 Å². The molecule has 0 spiro atoms. The molecule has 2 aromatic rings. The van der Waals surface area contributed by atoms with Crippen molar-refractivity contribution in [1.82, 2.24) is 10.2 Å². The average Bonchev–Trinajstić information content (AvgIpc) is 3.29. The molecule has 1 aliphatic heterocycles. The van der Waals surface area contributed by atoms with Crippen LogP contribution in [0, 0.1) is 5.92 Å². The van der Waals surface area contributed by atoms with E-state index in [1.54, 1.807) is 12.0 Å². The summed E-state index contributed by atoms with van der Waals surface area (Å²) in [6, 6.07) is 12.8. The molecule has 7 nitrogen and oxygen atoms in total. The predicted molar refractivity (Wildman–Crippen MR) is 126 cm³/mol. The molecule has 0 fully saturated rings. The van der Waals surface area contributed by atoms with Gasteiger partial charge in [0.25, 0.3) is 0 Å². The van der Waals surface area contributed by atoms with Crippen molar-refractivity contribution < 1.29 is 23.8 Å². The molecule has 1 atom stereocenters. The van der Waals surface area contributed by atoms with E-state index in [2.05, 4.69) is 5.32 Å². The van der Waals surface area contributed by atoms with Gasteiger partial charge in [-0.15, -0.1) is 0 Å². The van der Waals surface area contributed by atoms with E-state index in [0.29, 0.717) is 37.6 Å². The smallest absolute Gasteiger partial charge is 0.242 e. The third-order valence-electron chi connectivity index (χ3n) is 5.62. The Bertz CT molecular complexity index is 959. The number of ether oxygens (including phenoxy) is 3. The van der Waals surface area contributed by atoms with E-state index in [9.17, 15) is 9.59 Å². The number of hydrogen-bond acceptors (Lipinski definition) is 5. The largest absolute Gasteiger partial charge is 0.497 e. The van der Waals surface area contributed by atoms with Gasteiger partial charge >= 0.3 is 0 Å². The summed E-state index contributed by atoms with van der Waals surface area (Å²) in [6.07, 6.45) is 1.37. The Morgan fingerprint density at radius 2 is 1.88 bits per heavy atom. The van der Waals surface area contributed by atoms with Crippen LogP contribution in [0.25, 0.3) is 0 Å². The lowest BCUT2D eigenvalue weighted by Gasteiger charge is -2.31. The molecule has 0 saturated heterocycles. The monoisotopic (exact) mass is 454 g/mol. The standard InChI is InChI=1S/C26H34N2O5/c1-5-22(26(30)27-15-18(2)3)28(16-20-7-6-8-21(13-20)31-4)25(29)12-10-19-9-11-23-24(14-19)33-17-32-23/h6-9,11,13-14,18,22H,5,10,12,15-17H2,1-4H3,(H,27,30). The first-order chi connectivity index (χ1) is 15.9. The van der Waals surface area contributed by atoms with Gasteiger partial charge in [-0.1, -0.05) is 39.0 Å². The highest BCUT2D eigenvalue weighted by atomic mass is 16.7. The molecule has 2 aromatic carbocycles. The minimum Gasteiger partial charge on any atom is -0.497 e. The van der Waals surface area contributed by atoms with E-state index in [-0.39, 0.29) is 25.0 Å². The Balaban J connectivity index is 1.76. The zero-order valence-electron chi connectivity index (χ0n) is 19.9. The maximum Gasteiger partial charge on any atom is 0.242 e. The first-order valence-corrected chi connectivity index (χ1v) is 11.5. The van der Waals surface area contributed by atoms with E-state index in [0.717, 1.165) is 22.6 Å². The van der Waals surface area contributed by atoms with Gasteiger partial charge in [-0.25, -0.2) is 0 Å². The Kier molecular flexibility index (Phi) is 8.58. The molecule has 0 aliphatic carbocycles. The third-order valence-corrected chi connectivity index (χ3v) is 5.62. The topological polar surface area (TPSA) is 77.1 Å². The third kappa shape index (κ3) is 6.63. The summed E-state index contributed by atoms with van der Waals surface area (Å²) < 4.78 is 16.1. The maximum absolute atomic E-state index is 13.4. The molecule has 3 rings (SSSR count). The Hall–Kier alpha value is -3.22. The van der Waals surface area contributed by atoms with Crippen LogP contribution in [0.3, 0.4) is 0 Å². The molecule has 1 N–H and O–H groups in total. The van der Waals surface area contributed by atoms with Gasteiger partial charge in [0.15, 0.2) is 11.5 Å². The van der Waals surface area contributed by atoms with Gasteiger partial charge in [0, 0.05) is 19.5 Å². The highest BCUT2D eigenvalue weighted by Crippen LogP contribution is 2.33. The first kappa shape index (κ1) is 24.4. The van der Waals surface area contributed by atoms with E-state index in [1.165, 1.54) is 0 Å². The lowest BCUT2D eigenvalue weighted by atomic mass is 10.1. The van der Waals surface area contributed by atoms with E-state index in [4.69, 9.17) is 14.2 Å². The molecule has 0 radical (unpaired) electrons. The normalized spacial score (nSPS) is 13.0. The van der Waals surface area contributed by atoms with Gasteiger partial charge in [0.1, 0.15) is 11.8 Å². The highest BCUT2D eigenvalue weighted by molar-refractivity contribution is 5.87. The van der Waals surface area contributed by atoms with Crippen molar-refractivity contribution in [3.05, 3.63) is 53.6 Å². The molecule has 0 saturated carbocycles. The second kappa shape index (κ2) is 11.6. The quantitative estimate of drug-likeness (QED) is 0.557. The maximum atomic E-state index is 13.4. The van der Waals surface area contributed by atoms with E-state index < -0.39 is 6.04 Å². The molecule has 1 aliphatic rings. The minimum atomic E-state index is -0.542. The van der Waals surface area contributed by atoms with Crippen molar-refractivity contribution >= 4 is 11.8 Å². The van der Waals surface area contributed by atoms with Crippen LogP contribution in [-0.2, 0) is 22.6 Å². The van der Waals surface area contributed by atoms with Crippen LogP contribution in [0.1, 0.15) is 44.7 Å². The number of aryl methyl sites for hydroxylation is 1. The van der Waals surface area contributed by atoms with Crippen molar-refractivity contribution in [2.45, 2.75) is 52.6 Å². The van der Waals surface area contributed by atoms with Crippen molar-refractivity contribution in [2.75, 3.05) is 20.4 Å². The van der Waals surface area contributed by atoms with Crippen LogP contribution >= 0.6 is 0 Å². The lowest BCUT2D eigenvalue weighted by molar-refractivity contribution is -0.141. The molecule has 1 heterocycles. The molecule has 33 heavy (non-hydrogen) atoms. The van der Waals surface area contributed by atoms with Crippen LogP contribution in [0.4, 0.5) is 0 Å². The van der Waals surface area contributed by atoms with Crippen molar-refractivity contribution in [2.24, 2.45) is 5.92 Å². The summed E-state index contributed by atoms with van der Waals surface area (Å²) in [5.41, 5.74) is 1.91. The van der Waals surface area contributed by atoms with Crippen LogP contribution in [0.15, 0.2) is 42.5 Å². The fraction of sp³-hybridized carbons (Fsp3) is 0.462. The molecule has 0 bridgehead atoms. The van der Waals surface area contributed by atoms with Crippen molar-refractivity contribution in [1.29, 1.82) is 0 Å². The van der Waals surface area contributed by atoms with Crippen LogP contribution < -0.4 is 19.5 Å². The zero-order valence-corrected chi connectivity index (χ0v) is 19.9. The van der Waals surface area contributed by atoms with Gasteiger partial charge in [-0.05, 0) is 54.2 Å². The molecule has 7 heteroatoms. The second-order valence-corrected chi connectivity index (χ2v) is 8.62. The number of nitrogens with one attached hydrogen (secondary N) is 1. The van der Waals surface area contributed by atoms with Gasteiger partial charge < -0.3 is 24.4 Å². The van der Waals surface area contributed by atoms with Gasteiger partial charge in [-0.3, -0.25) is 9.59 Å². The Morgan fingerprint density at radius 3 is 2.61 bits per heavy atom. The summed E-state index contributed by atoms with van der Waals surface area (Å²) in [7, 11) is 1.61. The van der Waals surface area contributed by atoms with Gasteiger partial charge in [0.2, 0.25) is 18.6 Å². The molecule has 1 unspecified atom stereocenters. The molecular formula is C26H34N2O5. The van der Waals surface area contributed by atoms with Crippen molar-refractivity contribution in [3.8, 4) is 17.2 Å². The van der Waals surface area contributed by atoms with E-state index in [1.807, 2.05) is 63.2 Å². The number of nitrogens with zero attached hydrogens (tertiary/aromatic N) is 1. The minimum absolute atomic E-state index is 0.0676. The summed E-state index contributed by atoms with van der Waals surface area (Å²) in [6.45, 7) is 7.16. The number of methoxy groups -OCH3 is 1. The summed E-state index contributed by atoms with van der Waals surface area (Å²) >= 11 is 0. The fourth-order valence-corrected chi connectivity index (χ4v) is 3.80. The molecule has 0 aromatic heterocycles. The zero-order chi connectivity index (χ0) is 23.8. The lowest BCUT2D eigenvalue weighted by Crippen LogP contribution is -2.49. The first-order valence-electron chi connectivity index (χ1n) is 11.5. The van der Waals surface area contributed by atoms with E-state index >= 15 is 0 Å². The number of carbonyl (C=O) groups is 2. The van der Waals surface area contributed by atoms with Crippen LogP contribution in [0.5, 0.6) is 17.2 Å². The SMILES string of the molecule is CCC(C(=O)NCC(C)C)N(Cc1cccc(OC)c1)C(=O)CCc1ccc2c(c1)OCO2. The number of carbonyl (C=O) groups excluding carboxylic acids is 2. The number of benzene rings is 2. The number of fused-ring (bicyclic) bond motifs is 1. The molecule has 178 valence electrons. The second-order valence-electron chi connectivity index (χ2n) is 8.62. The Labute approximate surface area is 196 Å². The molecule has 2 amide bonds. The summed E-state index contributed by atoms with van der Waals surface area (Å²) in [5.74, 6) is 2.29. The highest BCUT2D eigenvalue weighted by Gasteiger charge is 2.28. The Morgan fingerprint density at radius 1 is 1.09 bits per heavy atom. The number of hydrogen-bond donors (Lipinski definition) is 1. The number of amides is 2. The summed E-state index contributed by atoms with van der Waals surface area (Å²) in [5, 5.41) is 2.99.